The molecule has 29 heavy (non-hydrogen) atoms. The average molecular weight is 472 g/mol. The molecule has 0 bridgehead atoms. The van der Waals surface area contributed by atoms with Crippen molar-refractivity contribution in [2.45, 2.75) is 6.54 Å². The molecule has 4 rings (SSSR count). The van der Waals surface area contributed by atoms with Gasteiger partial charge in [0.15, 0.2) is 6.61 Å². The van der Waals surface area contributed by atoms with Gasteiger partial charge in [-0.2, -0.15) is 0 Å². The molecular formula is C22H16BrClN2O3. The highest BCUT2D eigenvalue weighted by molar-refractivity contribution is 9.10. The summed E-state index contributed by atoms with van der Waals surface area (Å²) >= 11 is 9.32. The van der Waals surface area contributed by atoms with Crippen molar-refractivity contribution >= 4 is 50.7 Å². The fourth-order valence-corrected chi connectivity index (χ4v) is 3.58. The van der Waals surface area contributed by atoms with Gasteiger partial charge >= 0.3 is 0 Å². The number of hydrogen-bond acceptors (Lipinski definition) is 3. The molecule has 0 saturated carbocycles. The van der Waals surface area contributed by atoms with Crippen molar-refractivity contribution in [3.8, 4) is 5.75 Å². The zero-order chi connectivity index (χ0) is 20.4. The molecule has 1 N–H and O–H groups in total. The van der Waals surface area contributed by atoms with E-state index in [4.69, 9.17) is 16.3 Å². The number of nitrogens with zero attached hydrogens (tertiary/aromatic N) is 1. The Balaban J connectivity index is 1.60. The molecule has 146 valence electrons. The van der Waals surface area contributed by atoms with Crippen molar-refractivity contribution in [2.24, 2.45) is 0 Å². The largest absolute Gasteiger partial charge is 0.482 e. The van der Waals surface area contributed by atoms with Crippen molar-refractivity contribution < 1.29 is 14.3 Å². The highest BCUT2D eigenvalue weighted by atomic mass is 79.9. The maximum absolute atomic E-state index is 12.5. The van der Waals surface area contributed by atoms with Gasteiger partial charge in [0.1, 0.15) is 5.75 Å². The Hall–Kier alpha value is -2.83. The number of amides is 2. The SMILES string of the molecule is O=C(Nc1ccc2c(c1)N(Cc1ccc(Cl)cc1)C(=O)CO2)c1cccc(Br)c1. The number of halogens is 2. The number of hydrogen-bond donors (Lipinski definition) is 1. The molecule has 0 atom stereocenters. The predicted molar refractivity (Wildman–Crippen MR) is 117 cm³/mol. The van der Waals surface area contributed by atoms with Gasteiger partial charge < -0.3 is 15.0 Å². The summed E-state index contributed by atoms with van der Waals surface area (Å²) in [5, 5.41) is 3.51. The van der Waals surface area contributed by atoms with E-state index >= 15 is 0 Å². The second-order valence-electron chi connectivity index (χ2n) is 6.54. The van der Waals surface area contributed by atoms with E-state index in [9.17, 15) is 9.59 Å². The molecule has 0 fully saturated rings. The van der Waals surface area contributed by atoms with Crippen LogP contribution in [-0.2, 0) is 11.3 Å². The third-order valence-electron chi connectivity index (χ3n) is 4.50. The van der Waals surface area contributed by atoms with Crippen LogP contribution in [0.2, 0.25) is 5.02 Å². The Morgan fingerprint density at radius 2 is 1.90 bits per heavy atom. The zero-order valence-electron chi connectivity index (χ0n) is 15.2. The van der Waals surface area contributed by atoms with Gasteiger partial charge in [0.2, 0.25) is 0 Å². The average Bonchev–Trinajstić information content (AvgIpc) is 2.71. The zero-order valence-corrected chi connectivity index (χ0v) is 17.5. The minimum absolute atomic E-state index is 0.0235. The van der Waals surface area contributed by atoms with Crippen LogP contribution in [0.15, 0.2) is 71.2 Å². The highest BCUT2D eigenvalue weighted by Crippen LogP contribution is 2.35. The monoisotopic (exact) mass is 470 g/mol. The molecule has 0 aromatic heterocycles. The van der Waals surface area contributed by atoms with Crippen LogP contribution in [0.4, 0.5) is 11.4 Å². The molecule has 7 heteroatoms. The molecule has 1 heterocycles. The lowest BCUT2D eigenvalue weighted by Crippen LogP contribution is -2.38. The summed E-state index contributed by atoms with van der Waals surface area (Å²) < 4.78 is 6.37. The predicted octanol–water partition coefficient (Wildman–Crippen LogP) is 5.28. The number of rotatable bonds is 4. The van der Waals surface area contributed by atoms with Crippen molar-refractivity contribution in [3.63, 3.8) is 0 Å². The first-order valence-electron chi connectivity index (χ1n) is 8.88. The number of carbonyl (C=O) groups is 2. The Morgan fingerprint density at radius 3 is 2.66 bits per heavy atom. The van der Waals surface area contributed by atoms with E-state index in [1.54, 1.807) is 53.4 Å². The number of nitrogens with one attached hydrogen (secondary N) is 1. The lowest BCUT2D eigenvalue weighted by Gasteiger charge is -2.30. The third kappa shape index (κ3) is 4.44. The first-order valence-corrected chi connectivity index (χ1v) is 10.1. The topological polar surface area (TPSA) is 58.6 Å². The minimum atomic E-state index is -0.237. The Morgan fingerprint density at radius 1 is 1.10 bits per heavy atom. The summed E-state index contributed by atoms with van der Waals surface area (Å²) in [6.07, 6.45) is 0. The molecule has 1 aliphatic rings. The Labute approximate surface area is 181 Å². The van der Waals surface area contributed by atoms with E-state index in [-0.39, 0.29) is 18.4 Å². The van der Waals surface area contributed by atoms with Crippen LogP contribution in [0.1, 0.15) is 15.9 Å². The van der Waals surface area contributed by atoms with Crippen LogP contribution in [0.25, 0.3) is 0 Å². The van der Waals surface area contributed by atoms with Gasteiger partial charge in [-0.05, 0) is 54.1 Å². The molecule has 3 aromatic carbocycles. The minimum Gasteiger partial charge on any atom is -0.482 e. The van der Waals surface area contributed by atoms with E-state index in [1.807, 2.05) is 18.2 Å². The van der Waals surface area contributed by atoms with Gasteiger partial charge in [0, 0.05) is 20.7 Å². The number of fused-ring (bicyclic) bond motifs is 1. The van der Waals surface area contributed by atoms with Crippen molar-refractivity contribution in [1.29, 1.82) is 0 Å². The van der Waals surface area contributed by atoms with Crippen LogP contribution in [0.5, 0.6) is 5.75 Å². The molecule has 0 spiro atoms. The van der Waals surface area contributed by atoms with E-state index in [2.05, 4.69) is 21.2 Å². The van der Waals surface area contributed by atoms with Gasteiger partial charge in [-0.3, -0.25) is 9.59 Å². The van der Waals surface area contributed by atoms with E-state index in [0.717, 1.165) is 10.0 Å². The maximum Gasteiger partial charge on any atom is 0.265 e. The first-order chi connectivity index (χ1) is 14.0. The smallest absolute Gasteiger partial charge is 0.265 e. The lowest BCUT2D eigenvalue weighted by atomic mass is 10.1. The summed E-state index contributed by atoms with van der Waals surface area (Å²) in [7, 11) is 0. The van der Waals surface area contributed by atoms with E-state index < -0.39 is 0 Å². The van der Waals surface area contributed by atoms with Gasteiger partial charge in [0.25, 0.3) is 11.8 Å². The second kappa shape index (κ2) is 8.27. The van der Waals surface area contributed by atoms with E-state index in [1.165, 1.54) is 0 Å². The number of carbonyl (C=O) groups excluding carboxylic acids is 2. The van der Waals surface area contributed by atoms with Gasteiger partial charge in [0.05, 0.1) is 12.2 Å². The van der Waals surface area contributed by atoms with Gasteiger partial charge in [-0.25, -0.2) is 0 Å². The van der Waals surface area contributed by atoms with Crippen molar-refractivity contribution in [2.75, 3.05) is 16.8 Å². The third-order valence-corrected chi connectivity index (χ3v) is 5.25. The highest BCUT2D eigenvalue weighted by Gasteiger charge is 2.26. The molecule has 0 aliphatic carbocycles. The lowest BCUT2D eigenvalue weighted by molar-refractivity contribution is -0.121. The molecule has 5 nitrogen and oxygen atoms in total. The van der Waals surface area contributed by atoms with Crippen LogP contribution in [0.3, 0.4) is 0 Å². The fraction of sp³-hybridized carbons (Fsp3) is 0.0909. The maximum atomic E-state index is 12.5. The Bertz CT molecular complexity index is 1090. The van der Waals surface area contributed by atoms with Crippen LogP contribution < -0.4 is 15.0 Å². The normalized spacial score (nSPS) is 12.9. The molecule has 0 unspecified atom stereocenters. The first kappa shape index (κ1) is 19.5. The summed E-state index contributed by atoms with van der Waals surface area (Å²) in [6.45, 7) is 0.361. The van der Waals surface area contributed by atoms with Crippen LogP contribution in [-0.4, -0.2) is 18.4 Å². The van der Waals surface area contributed by atoms with Crippen LogP contribution in [0, 0.1) is 0 Å². The summed E-state index contributed by atoms with van der Waals surface area (Å²) in [4.78, 5) is 26.7. The van der Waals surface area contributed by atoms with Gasteiger partial charge in [-0.15, -0.1) is 0 Å². The number of benzene rings is 3. The quantitative estimate of drug-likeness (QED) is 0.563. The molecule has 0 radical (unpaired) electrons. The summed E-state index contributed by atoms with van der Waals surface area (Å²) in [5.41, 5.74) is 2.66. The summed E-state index contributed by atoms with van der Waals surface area (Å²) in [6, 6.07) is 19.7. The fourth-order valence-electron chi connectivity index (χ4n) is 3.06. The van der Waals surface area contributed by atoms with E-state index in [0.29, 0.717) is 34.3 Å². The number of anilines is 2. The van der Waals surface area contributed by atoms with Crippen molar-refractivity contribution in [1.82, 2.24) is 0 Å². The molecule has 2 amide bonds. The molecule has 0 saturated heterocycles. The summed E-state index contributed by atoms with van der Waals surface area (Å²) in [5.74, 6) is 0.209. The van der Waals surface area contributed by atoms with Crippen molar-refractivity contribution in [3.05, 3.63) is 87.4 Å². The van der Waals surface area contributed by atoms with Gasteiger partial charge in [-0.1, -0.05) is 45.7 Å². The Kier molecular flexibility index (Phi) is 5.56. The van der Waals surface area contributed by atoms with Crippen LogP contribution >= 0.6 is 27.5 Å². The second-order valence-corrected chi connectivity index (χ2v) is 7.89. The molecule has 3 aromatic rings. The standard InChI is InChI=1S/C22H16BrClN2O3/c23-16-3-1-2-15(10-16)22(28)25-18-8-9-20-19(11-18)26(21(27)13-29-20)12-14-4-6-17(24)7-5-14/h1-11H,12-13H2,(H,25,28). The molecular weight excluding hydrogens is 456 g/mol. The molecule has 1 aliphatic heterocycles. The number of ether oxygens (including phenoxy) is 1.